The molecule has 0 bridgehead atoms. The van der Waals surface area contributed by atoms with Crippen LogP contribution in [0.25, 0.3) is 0 Å². The Bertz CT molecular complexity index is 758. The number of hydrogen-bond donors (Lipinski definition) is 4. The van der Waals surface area contributed by atoms with Crippen LogP contribution in [0.1, 0.15) is 120 Å². The number of hydrogen-bond acceptors (Lipinski definition) is 5. The first kappa shape index (κ1) is 44.2. The van der Waals surface area contributed by atoms with Crippen molar-refractivity contribution < 1.29 is 4.74 Å². The monoisotopic (exact) mass is 589 g/mol. The summed E-state index contributed by atoms with van der Waals surface area (Å²) in [6, 6.07) is 0.353. The summed E-state index contributed by atoms with van der Waals surface area (Å²) in [5.74, 6) is 1.59. The third kappa shape index (κ3) is 29.3. The second kappa shape index (κ2) is 30.2. The van der Waals surface area contributed by atoms with Gasteiger partial charge >= 0.3 is 0 Å². The molecule has 42 heavy (non-hydrogen) atoms. The lowest BCUT2D eigenvalue weighted by Gasteiger charge is -2.27. The third-order valence-electron chi connectivity index (χ3n) is 6.47. The van der Waals surface area contributed by atoms with E-state index in [4.69, 9.17) is 10.5 Å². The fourth-order valence-corrected chi connectivity index (χ4v) is 3.96. The van der Waals surface area contributed by atoms with Crippen molar-refractivity contribution in [1.82, 2.24) is 16.0 Å². The van der Waals surface area contributed by atoms with Crippen molar-refractivity contribution in [3.05, 3.63) is 72.8 Å². The fourth-order valence-electron chi connectivity index (χ4n) is 3.96. The first-order chi connectivity index (χ1) is 19.9. The molecule has 2 unspecified atom stereocenters. The van der Waals surface area contributed by atoms with E-state index in [1.807, 2.05) is 33.0 Å². The van der Waals surface area contributed by atoms with E-state index in [2.05, 4.69) is 96.3 Å². The maximum absolute atomic E-state index is 6.01. The first-order valence-electron chi connectivity index (χ1n) is 16.3. The van der Waals surface area contributed by atoms with Crippen LogP contribution >= 0.6 is 0 Å². The highest BCUT2D eigenvalue weighted by atomic mass is 16.5. The summed E-state index contributed by atoms with van der Waals surface area (Å²) in [4.78, 5) is 0. The average molecular weight is 589 g/mol. The Morgan fingerprint density at radius 1 is 0.976 bits per heavy atom. The summed E-state index contributed by atoms with van der Waals surface area (Å²) in [5, 5.41) is 10.5. The molecule has 2 atom stereocenters. The number of unbranched alkanes of at least 4 members (excludes halogenated alkanes) is 2. The van der Waals surface area contributed by atoms with Gasteiger partial charge in [0.2, 0.25) is 0 Å². The first-order valence-corrected chi connectivity index (χ1v) is 16.3. The zero-order chi connectivity index (χ0) is 32.8. The molecule has 0 aromatic rings. The van der Waals surface area contributed by atoms with E-state index in [9.17, 15) is 0 Å². The van der Waals surface area contributed by atoms with Crippen LogP contribution in [0.2, 0.25) is 0 Å². The van der Waals surface area contributed by atoms with Gasteiger partial charge in [0, 0.05) is 24.8 Å². The van der Waals surface area contributed by atoms with E-state index in [-0.39, 0.29) is 5.60 Å². The summed E-state index contributed by atoms with van der Waals surface area (Å²) in [5.41, 5.74) is 9.02. The average Bonchev–Trinajstić information content (AvgIpc) is 2.95. The second-order valence-electron chi connectivity index (χ2n) is 11.8. The van der Waals surface area contributed by atoms with Gasteiger partial charge in [-0.05, 0) is 118 Å². The quantitative estimate of drug-likeness (QED) is 0.0465. The molecule has 5 heteroatoms. The van der Waals surface area contributed by atoms with Crippen molar-refractivity contribution in [2.45, 2.75) is 132 Å². The molecule has 0 aromatic heterocycles. The number of nitrogens with one attached hydrogen (secondary N) is 3. The zero-order valence-electron chi connectivity index (χ0n) is 29.6. The summed E-state index contributed by atoms with van der Waals surface area (Å²) in [6.07, 6.45) is 20.2. The Kier molecular flexibility index (Phi) is 31.8. The van der Waals surface area contributed by atoms with Crippen molar-refractivity contribution in [1.29, 1.82) is 0 Å². The predicted octanol–water partition coefficient (Wildman–Crippen LogP) is 9.33. The topological polar surface area (TPSA) is 71.3 Å². The molecule has 0 aliphatic rings. The molecule has 0 saturated heterocycles. The Balaban J connectivity index is -0.00000116. The molecule has 0 saturated carbocycles. The standard InChI is InChI=1S/C27H49N3O.C7H17N.C3H6/c1-10-16-23(22(5)11-2)18-19-24(12-3)29-20-15-14-17-25(21-28-9)30-26(13-4)31-27(6,7)8;1-3-4-5-7(2)6-8;1-3-2/h10,12-13,16,25,28-30H,1,5,11,14-15,17-21H2,2-4,6-9H3;7H,3-6,8H2,1-2H3;3H,1H2,2H3/b23-16-,24-12-,26-13-;;. The molecule has 0 rings (SSSR count). The lowest BCUT2D eigenvalue weighted by atomic mass is 9.99. The highest BCUT2D eigenvalue weighted by Gasteiger charge is 2.16. The normalized spacial score (nSPS) is 13.5. The molecule has 0 radical (unpaired) electrons. The summed E-state index contributed by atoms with van der Waals surface area (Å²) in [6.45, 7) is 32.9. The highest BCUT2D eigenvalue weighted by molar-refractivity contribution is 5.31. The van der Waals surface area contributed by atoms with Crippen LogP contribution in [0.3, 0.4) is 0 Å². The van der Waals surface area contributed by atoms with Crippen molar-refractivity contribution in [3.63, 3.8) is 0 Å². The molecule has 0 aliphatic carbocycles. The molecule has 5 N–H and O–H groups in total. The Morgan fingerprint density at radius 2 is 1.62 bits per heavy atom. The van der Waals surface area contributed by atoms with Gasteiger partial charge in [-0.25, -0.2) is 0 Å². The number of allylic oxidation sites excluding steroid dienone is 8. The van der Waals surface area contributed by atoms with E-state index in [1.54, 1.807) is 6.08 Å². The molecule has 0 spiro atoms. The zero-order valence-corrected chi connectivity index (χ0v) is 29.6. The van der Waals surface area contributed by atoms with E-state index in [0.717, 1.165) is 70.0 Å². The van der Waals surface area contributed by atoms with Crippen LogP contribution in [0, 0.1) is 5.92 Å². The predicted molar refractivity (Wildman–Crippen MR) is 192 cm³/mol. The third-order valence-corrected chi connectivity index (χ3v) is 6.47. The minimum atomic E-state index is -0.198. The minimum Gasteiger partial charge on any atom is -0.474 e. The Hall–Kier alpha value is -2.24. The van der Waals surface area contributed by atoms with Gasteiger partial charge in [-0.15, -0.1) is 6.58 Å². The second-order valence-corrected chi connectivity index (χ2v) is 11.8. The summed E-state index contributed by atoms with van der Waals surface area (Å²) < 4.78 is 6.01. The van der Waals surface area contributed by atoms with Gasteiger partial charge in [0.1, 0.15) is 5.60 Å². The van der Waals surface area contributed by atoms with Crippen LogP contribution in [0.5, 0.6) is 0 Å². The van der Waals surface area contributed by atoms with Crippen molar-refractivity contribution in [2.75, 3.05) is 26.7 Å². The maximum Gasteiger partial charge on any atom is 0.183 e. The van der Waals surface area contributed by atoms with E-state index in [0.29, 0.717) is 6.04 Å². The number of likely N-dealkylation sites (N-methyl/N-ethyl adjacent to an activating group) is 1. The highest BCUT2D eigenvalue weighted by Crippen LogP contribution is 2.20. The van der Waals surface area contributed by atoms with Gasteiger partial charge in [-0.3, -0.25) is 0 Å². The molecule has 5 nitrogen and oxygen atoms in total. The largest absolute Gasteiger partial charge is 0.474 e. The molecular weight excluding hydrogens is 516 g/mol. The van der Waals surface area contributed by atoms with Gasteiger partial charge < -0.3 is 26.4 Å². The van der Waals surface area contributed by atoms with Crippen molar-refractivity contribution >= 4 is 0 Å². The van der Waals surface area contributed by atoms with E-state index in [1.165, 1.54) is 36.1 Å². The van der Waals surface area contributed by atoms with Gasteiger partial charge in [0.05, 0.1) is 0 Å². The minimum absolute atomic E-state index is 0.198. The summed E-state index contributed by atoms with van der Waals surface area (Å²) in [7, 11) is 2.00. The number of ether oxygens (including phenoxy) is 1. The Labute approximate surface area is 263 Å². The van der Waals surface area contributed by atoms with Gasteiger partial charge in [-0.2, -0.15) is 0 Å². The van der Waals surface area contributed by atoms with Crippen LogP contribution in [0.15, 0.2) is 72.8 Å². The molecule has 0 fully saturated rings. The summed E-state index contributed by atoms with van der Waals surface area (Å²) >= 11 is 0. The molecule has 246 valence electrons. The lowest BCUT2D eigenvalue weighted by Crippen LogP contribution is -2.39. The van der Waals surface area contributed by atoms with Gasteiger partial charge in [0.15, 0.2) is 5.88 Å². The van der Waals surface area contributed by atoms with Crippen LogP contribution in [-0.4, -0.2) is 38.3 Å². The van der Waals surface area contributed by atoms with Crippen molar-refractivity contribution in [3.8, 4) is 0 Å². The van der Waals surface area contributed by atoms with Crippen LogP contribution in [0.4, 0.5) is 0 Å². The van der Waals surface area contributed by atoms with E-state index < -0.39 is 0 Å². The molecule has 0 aliphatic heterocycles. The maximum atomic E-state index is 6.01. The fraction of sp³-hybridized carbons (Fsp3) is 0.676. The SMILES string of the molecule is C=C/C=C(/CC/C(=C/C)NCCCCC(CNC)N/C(=C/C)OC(C)(C)C)C(=C)CC.C=CC.CCCCC(C)CN. The number of rotatable bonds is 21. The lowest BCUT2D eigenvalue weighted by molar-refractivity contribution is 0.0366. The van der Waals surface area contributed by atoms with Gasteiger partial charge in [0.25, 0.3) is 0 Å². The molecular formula is C37H72N4O. The van der Waals surface area contributed by atoms with E-state index >= 15 is 0 Å². The smallest absolute Gasteiger partial charge is 0.183 e. The van der Waals surface area contributed by atoms with Crippen molar-refractivity contribution in [2.24, 2.45) is 11.7 Å². The number of nitrogens with two attached hydrogens (primary N) is 1. The molecule has 0 amide bonds. The Morgan fingerprint density at radius 3 is 2.07 bits per heavy atom. The molecule has 0 heterocycles. The van der Waals surface area contributed by atoms with Crippen LogP contribution in [-0.2, 0) is 4.74 Å². The molecule has 0 aromatic carbocycles. The van der Waals surface area contributed by atoms with Crippen LogP contribution < -0.4 is 21.7 Å². The van der Waals surface area contributed by atoms with Gasteiger partial charge in [-0.1, -0.05) is 76.6 Å².